The highest BCUT2D eigenvalue weighted by Gasteiger charge is 2.08. The summed E-state index contributed by atoms with van der Waals surface area (Å²) in [6.07, 6.45) is 0.470. The third kappa shape index (κ3) is 5.75. The zero-order valence-electron chi connectivity index (χ0n) is 13.8. The van der Waals surface area contributed by atoms with E-state index in [1.807, 2.05) is 42.5 Å². The number of carbonyl (C=O) groups excluding carboxylic acids is 1. The summed E-state index contributed by atoms with van der Waals surface area (Å²) in [7, 11) is 1.61. The molecule has 0 aromatic heterocycles. The van der Waals surface area contributed by atoms with Crippen LogP contribution >= 0.6 is 0 Å². The number of ether oxygens (including phenoxy) is 1. The fourth-order valence-corrected chi connectivity index (χ4v) is 2.37. The van der Waals surface area contributed by atoms with E-state index >= 15 is 0 Å². The van der Waals surface area contributed by atoms with E-state index < -0.39 is 0 Å². The second-order valence-corrected chi connectivity index (χ2v) is 5.38. The standard InChI is InChI=1S/C19H24N2O2/c1-3-21(15-16-8-5-4-6-9-16)13-12-19(22)20-17-10-7-11-18(14-17)23-2/h4-11,14H,3,12-13,15H2,1-2H3,(H,20,22). The monoisotopic (exact) mass is 312 g/mol. The number of amides is 1. The first-order valence-corrected chi connectivity index (χ1v) is 7.91. The Balaban J connectivity index is 1.82. The van der Waals surface area contributed by atoms with E-state index in [0.29, 0.717) is 6.42 Å². The van der Waals surface area contributed by atoms with Crippen molar-refractivity contribution in [3.05, 3.63) is 60.2 Å². The molecule has 4 nitrogen and oxygen atoms in total. The molecule has 0 unspecified atom stereocenters. The number of hydrogen-bond acceptors (Lipinski definition) is 3. The Morgan fingerprint density at radius 2 is 1.91 bits per heavy atom. The fraction of sp³-hybridized carbons (Fsp3) is 0.316. The summed E-state index contributed by atoms with van der Waals surface area (Å²) >= 11 is 0. The van der Waals surface area contributed by atoms with Gasteiger partial charge in [0, 0.05) is 31.3 Å². The highest BCUT2D eigenvalue weighted by Crippen LogP contribution is 2.16. The van der Waals surface area contributed by atoms with Crippen LogP contribution < -0.4 is 10.1 Å². The Kier molecular flexibility index (Phi) is 6.63. The van der Waals surface area contributed by atoms with E-state index in [1.165, 1.54) is 5.56 Å². The molecule has 0 aliphatic heterocycles. The average Bonchev–Trinajstić information content (AvgIpc) is 2.59. The summed E-state index contributed by atoms with van der Waals surface area (Å²) in [6.45, 7) is 4.63. The fourth-order valence-electron chi connectivity index (χ4n) is 2.37. The molecule has 2 aromatic rings. The minimum atomic E-state index is 0.0183. The van der Waals surface area contributed by atoms with Gasteiger partial charge in [-0.25, -0.2) is 0 Å². The van der Waals surface area contributed by atoms with Crippen LogP contribution in [0.5, 0.6) is 5.75 Å². The van der Waals surface area contributed by atoms with Gasteiger partial charge in [-0.3, -0.25) is 9.69 Å². The topological polar surface area (TPSA) is 41.6 Å². The van der Waals surface area contributed by atoms with Gasteiger partial charge in [-0.05, 0) is 24.2 Å². The first-order valence-electron chi connectivity index (χ1n) is 7.91. The van der Waals surface area contributed by atoms with Crippen molar-refractivity contribution in [3.63, 3.8) is 0 Å². The van der Waals surface area contributed by atoms with Gasteiger partial charge in [0.2, 0.25) is 5.91 Å². The third-order valence-corrected chi connectivity index (χ3v) is 3.70. The van der Waals surface area contributed by atoms with Crippen molar-refractivity contribution < 1.29 is 9.53 Å². The van der Waals surface area contributed by atoms with Crippen LogP contribution in [0.15, 0.2) is 54.6 Å². The number of nitrogens with one attached hydrogen (secondary N) is 1. The van der Waals surface area contributed by atoms with Gasteiger partial charge in [-0.15, -0.1) is 0 Å². The van der Waals surface area contributed by atoms with Crippen LogP contribution in [-0.2, 0) is 11.3 Å². The average molecular weight is 312 g/mol. The van der Waals surface area contributed by atoms with Gasteiger partial charge >= 0.3 is 0 Å². The lowest BCUT2D eigenvalue weighted by Gasteiger charge is -2.20. The van der Waals surface area contributed by atoms with Crippen molar-refractivity contribution in [2.45, 2.75) is 19.9 Å². The quantitative estimate of drug-likeness (QED) is 0.810. The number of carbonyl (C=O) groups is 1. The van der Waals surface area contributed by atoms with Crippen LogP contribution in [0.25, 0.3) is 0 Å². The summed E-state index contributed by atoms with van der Waals surface area (Å²) in [5, 5.41) is 2.91. The molecule has 122 valence electrons. The maximum atomic E-state index is 12.1. The third-order valence-electron chi connectivity index (χ3n) is 3.70. The Labute approximate surface area is 138 Å². The highest BCUT2D eigenvalue weighted by molar-refractivity contribution is 5.91. The van der Waals surface area contributed by atoms with Crippen molar-refractivity contribution in [1.29, 1.82) is 0 Å². The lowest BCUT2D eigenvalue weighted by Crippen LogP contribution is -2.27. The SMILES string of the molecule is CCN(CCC(=O)Nc1cccc(OC)c1)Cc1ccccc1. The zero-order valence-corrected chi connectivity index (χ0v) is 13.8. The van der Waals surface area contributed by atoms with Crippen LogP contribution in [0.4, 0.5) is 5.69 Å². The molecule has 4 heteroatoms. The van der Waals surface area contributed by atoms with Crippen molar-refractivity contribution in [2.75, 3.05) is 25.5 Å². The number of hydrogen-bond donors (Lipinski definition) is 1. The van der Waals surface area contributed by atoms with Crippen LogP contribution in [0, 0.1) is 0 Å². The van der Waals surface area contributed by atoms with Crippen molar-refractivity contribution in [3.8, 4) is 5.75 Å². The van der Waals surface area contributed by atoms with Gasteiger partial charge in [0.05, 0.1) is 7.11 Å². The van der Waals surface area contributed by atoms with Crippen LogP contribution in [0.1, 0.15) is 18.9 Å². The molecule has 0 spiro atoms. The molecule has 0 radical (unpaired) electrons. The molecule has 0 saturated carbocycles. The molecule has 0 saturated heterocycles. The van der Waals surface area contributed by atoms with E-state index in [4.69, 9.17) is 4.74 Å². The Bertz CT molecular complexity index is 614. The number of methoxy groups -OCH3 is 1. The summed E-state index contributed by atoms with van der Waals surface area (Å²) in [5.74, 6) is 0.756. The second-order valence-electron chi connectivity index (χ2n) is 5.38. The molecular weight excluding hydrogens is 288 g/mol. The molecule has 23 heavy (non-hydrogen) atoms. The highest BCUT2D eigenvalue weighted by atomic mass is 16.5. The molecule has 1 N–H and O–H groups in total. The largest absolute Gasteiger partial charge is 0.497 e. The Hall–Kier alpha value is -2.33. The summed E-state index contributed by atoms with van der Waals surface area (Å²) in [4.78, 5) is 14.4. The molecule has 0 bridgehead atoms. The minimum Gasteiger partial charge on any atom is -0.497 e. The predicted molar refractivity (Wildman–Crippen MR) is 93.6 cm³/mol. The molecule has 0 aliphatic rings. The van der Waals surface area contributed by atoms with Gasteiger partial charge in [-0.2, -0.15) is 0 Å². The smallest absolute Gasteiger partial charge is 0.225 e. The maximum Gasteiger partial charge on any atom is 0.225 e. The first-order chi connectivity index (χ1) is 11.2. The minimum absolute atomic E-state index is 0.0183. The number of nitrogens with zero attached hydrogens (tertiary/aromatic N) is 1. The van der Waals surface area contributed by atoms with Crippen LogP contribution in [0.3, 0.4) is 0 Å². The Morgan fingerprint density at radius 1 is 1.13 bits per heavy atom. The lowest BCUT2D eigenvalue weighted by atomic mass is 10.2. The normalized spacial score (nSPS) is 10.6. The van der Waals surface area contributed by atoms with Crippen molar-refractivity contribution in [1.82, 2.24) is 4.90 Å². The molecule has 0 aliphatic carbocycles. The van der Waals surface area contributed by atoms with Gasteiger partial charge in [0.25, 0.3) is 0 Å². The van der Waals surface area contributed by atoms with E-state index in [0.717, 1.165) is 31.1 Å². The van der Waals surface area contributed by atoms with Gasteiger partial charge in [0.15, 0.2) is 0 Å². The number of rotatable bonds is 8. The predicted octanol–water partition coefficient (Wildman–Crippen LogP) is 3.55. The van der Waals surface area contributed by atoms with E-state index in [9.17, 15) is 4.79 Å². The lowest BCUT2D eigenvalue weighted by molar-refractivity contribution is -0.116. The van der Waals surface area contributed by atoms with E-state index in [2.05, 4.69) is 29.3 Å². The number of anilines is 1. The van der Waals surface area contributed by atoms with E-state index in [-0.39, 0.29) is 5.91 Å². The number of benzene rings is 2. The molecule has 0 heterocycles. The van der Waals surface area contributed by atoms with E-state index in [1.54, 1.807) is 7.11 Å². The van der Waals surface area contributed by atoms with Gasteiger partial charge < -0.3 is 10.1 Å². The first kappa shape index (κ1) is 17.0. The second kappa shape index (κ2) is 8.96. The van der Waals surface area contributed by atoms with Crippen LogP contribution in [0.2, 0.25) is 0 Å². The van der Waals surface area contributed by atoms with Gasteiger partial charge in [0.1, 0.15) is 5.75 Å². The molecule has 0 atom stereocenters. The van der Waals surface area contributed by atoms with Crippen LogP contribution in [-0.4, -0.2) is 31.0 Å². The molecular formula is C19H24N2O2. The summed E-state index contributed by atoms with van der Waals surface area (Å²) in [6, 6.07) is 17.7. The van der Waals surface area contributed by atoms with Gasteiger partial charge in [-0.1, -0.05) is 43.3 Å². The molecule has 0 fully saturated rings. The molecule has 2 aromatic carbocycles. The summed E-state index contributed by atoms with van der Waals surface area (Å²) < 4.78 is 5.16. The van der Waals surface area contributed by atoms with Crippen molar-refractivity contribution >= 4 is 11.6 Å². The zero-order chi connectivity index (χ0) is 16.5. The Morgan fingerprint density at radius 3 is 2.61 bits per heavy atom. The van der Waals surface area contributed by atoms with Crippen molar-refractivity contribution in [2.24, 2.45) is 0 Å². The summed E-state index contributed by atoms with van der Waals surface area (Å²) in [5.41, 5.74) is 2.03. The molecule has 1 amide bonds. The molecule has 2 rings (SSSR count). The maximum absolute atomic E-state index is 12.1.